The molecule has 2 aromatic rings. The number of pyridine rings is 2. The van der Waals surface area contributed by atoms with E-state index in [9.17, 15) is 0 Å². The summed E-state index contributed by atoms with van der Waals surface area (Å²) in [4.78, 5) is 8.34. The van der Waals surface area contributed by atoms with Gasteiger partial charge in [0.05, 0.1) is 0 Å². The lowest BCUT2D eigenvalue weighted by atomic mass is 10.5. The van der Waals surface area contributed by atoms with E-state index in [1.807, 2.05) is 36.4 Å². The van der Waals surface area contributed by atoms with Gasteiger partial charge >= 0.3 is 0 Å². The first-order valence-electron chi connectivity index (χ1n) is 4.99. The van der Waals surface area contributed by atoms with E-state index in [2.05, 4.69) is 9.97 Å². The van der Waals surface area contributed by atoms with Gasteiger partial charge in [0.25, 0.3) is 0 Å². The maximum atomic E-state index is 6.14. The van der Waals surface area contributed by atoms with Crippen LogP contribution in [0.1, 0.15) is 0 Å². The molecule has 0 bridgehead atoms. The van der Waals surface area contributed by atoms with Crippen molar-refractivity contribution in [2.45, 2.75) is 10.1 Å². The molecule has 0 aliphatic rings. The molecule has 0 unspecified atom stereocenters. The van der Waals surface area contributed by atoms with Crippen LogP contribution in [-0.4, -0.2) is 9.97 Å². The van der Waals surface area contributed by atoms with Gasteiger partial charge < -0.3 is 0 Å². The molecular weight excluding hydrogens is 307 g/mol. The monoisotopic (exact) mass is 314 g/mol. The fourth-order valence-electron chi connectivity index (χ4n) is 1.08. The molecule has 18 heavy (non-hydrogen) atoms. The highest BCUT2D eigenvalue weighted by atomic mass is 35.5. The van der Waals surface area contributed by atoms with Crippen molar-refractivity contribution in [3.8, 4) is 0 Å². The fourth-order valence-corrected chi connectivity index (χ4v) is 3.08. The van der Waals surface area contributed by atoms with Crippen molar-refractivity contribution in [3.63, 3.8) is 0 Å². The zero-order valence-corrected chi connectivity index (χ0v) is 12.2. The molecule has 0 spiro atoms. The van der Waals surface area contributed by atoms with E-state index >= 15 is 0 Å². The molecule has 0 aliphatic carbocycles. The van der Waals surface area contributed by atoms with Crippen LogP contribution >= 0.6 is 46.7 Å². The van der Waals surface area contributed by atoms with Gasteiger partial charge in [-0.25, -0.2) is 9.97 Å². The molecule has 6 heteroatoms. The Morgan fingerprint density at radius 1 is 0.778 bits per heavy atom. The Morgan fingerprint density at radius 2 is 1.22 bits per heavy atom. The highest BCUT2D eigenvalue weighted by Crippen LogP contribution is 2.39. The van der Waals surface area contributed by atoms with Crippen LogP contribution in [0.5, 0.6) is 0 Å². The third-order valence-electron chi connectivity index (χ3n) is 1.82. The second kappa shape index (κ2) is 7.04. The summed E-state index contributed by atoms with van der Waals surface area (Å²) in [6.45, 7) is 0. The predicted molar refractivity (Wildman–Crippen MR) is 78.9 cm³/mol. The first-order valence-corrected chi connectivity index (χ1v) is 7.37. The SMILES string of the molecule is ClC(Sc1ccccn1)=C(Cl)Sc1ccccn1. The zero-order chi connectivity index (χ0) is 12.8. The first-order chi connectivity index (χ1) is 8.75. The lowest BCUT2D eigenvalue weighted by molar-refractivity contribution is 1.14. The van der Waals surface area contributed by atoms with Crippen LogP contribution < -0.4 is 0 Å². The van der Waals surface area contributed by atoms with Gasteiger partial charge in [-0.15, -0.1) is 0 Å². The highest BCUT2D eigenvalue weighted by Gasteiger charge is 2.07. The third-order valence-corrected chi connectivity index (χ3v) is 4.78. The molecule has 2 aromatic heterocycles. The van der Waals surface area contributed by atoms with E-state index in [0.717, 1.165) is 10.1 Å². The van der Waals surface area contributed by atoms with Gasteiger partial charge in [0, 0.05) is 12.4 Å². The topological polar surface area (TPSA) is 25.8 Å². The van der Waals surface area contributed by atoms with Crippen LogP contribution in [0.2, 0.25) is 0 Å². The number of hydrogen-bond donors (Lipinski definition) is 0. The Kier molecular flexibility index (Phi) is 5.38. The summed E-state index contributed by atoms with van der Waals surface area (Å²) in [5, 5.41) is 1.62. The van der Waals surface area contributed by atoms with Crippen molar-refractivity contribution < 1.29 is 0 Å². The zero-order valence-electron chi connectivity index (χ0n) is 9.09. The van der Waals surface area contributed by atoms with Crippen LogP contribution in [-0.2, 0) is 0 Å². The van der Waals surface area contributed by atoms with E-state index in [-0.39, 0.29) is 0 Å². The maximum absolute atomic E-state index is 6.14. The van der Waals surface area contributed by atoms with Crippen molar-refractivity contribution in [1.82, 2.24) is 9.97 Å². The van der Waals surface area contributed by atoms with Crippen LogP contribution in [0.3, 0.4) is 0 Å². The number of aromatic nitrogens is 2. The summed E-state index contributed by atoms with van der Waals surface area (Å²) in [5.41, 5.74) is 0. The van der Waals surface area contributed by atoms with Gasteiger partial charge in [-0.2, -0.15) is 0 Å². The molecule has 92 valence electrons. The lowest BCUT2D eigenvalue weighted by Gasteiger charge is -2.02. The van der Waals surface area contributed by atoms with E-state index in [1.165, 1.54) is 23.5 Å². The molecule has 0 saturated heterocycles. The molecule has 2 rings (SSSR count). The van der Waals surface area contributed by atoms with Crippen molar-refractivity contribution >= 4 is 46.7 Å². The minimum absolute atomic E-state index is 0.492. The lowest BCUT2D eigenvalue weighted by Crippen LogP contribution is -1.79. The molecule has 0 atom stereocenters. The third kappa shape index (κ3) is 4.21. The number of halogens is 2. The van der Waals surface area contributed by atoms with Crippen molar-refractivity contribution in [3.05, 3.63) is 57.5 Å². The first kappa shape index (κ1) is 13.7. The summed E-state index contributed by atoms with van der Waals surface area (Å²) in [6.07, 6.45) is 3.43. The molecule has 0 fully saturated rings. The average Bonchev–Trinajstić information content (AvgIpc) is 2.41. The van der Waals surface area contributed by atoms with Crippen LogP contribution in [0.4, 0.5) is 0 Å². The highest BCUT2D eigenvalue weighted by molar-refractivity contribution is 8.08. The summed E-state index contributed by atoms with van der Waals surface area (Å²) >= 11 is 14.9. The number of nitrogens with zero attached hydrogens (tertiary/aromatic N) is 2. The van der Waals surface area contributed by atoms with E-state index in [0.29, 0.717) is 8.73 Å². The number of rotatable bonds is 4. The summed E-state index contributed by atoms with van der Waals surface area (Å²) in [7, 11) is 0. The maximum Gasteiger partial charge on any atom is 0.105 e. The standard InChI is InChI=1S/C12H8Cl2N2S2/c13-11(17-9-5-1-3-7-15-9)12(14)18-10-6-2-4-8-16-10/h1-8H. The van der Waals surface area contributed by atoms with Gasteiger partial charge in [0.2, 0.25) is 0 Å². The van der Waals surface area contributed by atoms with Crippen LogP contribution in [0.15, 0.2) is 67.6 Å². The largest absolute Gasteiger partial charge is 0.250 e. The number of thioether (sulfide) groups is 2. The van der Waals surface area contributed by atoms with Gasteiger partial charge in [-0.05, 0) is 24.3 Å². The molecule has 0 aliphatic heterocycles. The predicted octanol–water partition coefficient (Wildman–Crippen LogP) is 4.97. The normalized spacial score (nSPS) is 12.1. The quantitative estimate of drug-likeness (QED) is 0.744. The fraction of sp³-hybridized carbons (Fsp3) is 0. The second-order valence-corrected chi connectivity index (χ2v) is 6.35. The van der Waals surface area contributed by atoms with Gasteiger partial charge in [-0.1, -0.05) is 58.9 Å². The average molecular weight is 315 g/mol. The molecular formula is C12H8Cl2N2S2. The molecule has 0 saturated carbocycles. The van der Waals surface area contributed by atoms with Crippen molar-refractivity contribution in [2.75, 3.05) is 0 Å². The second-order valence-electron chi connectivity index (χ2n) is 3.09. The van der Waals surface area contributed by atoms with Crippen molar-refractivity contribution in [1.29, 1.82) is 0 Å². The Balaban J connectivity index is 2.06. The minimum atomic E-state index is 0.492. The summed E-state index contributed by atoms with van der Waals surface area (Å²) in [6, 6.07) is 11.3. The Bertz CT molecular complexity index is 483. The molecule has 0 N–H and O–H groups in total. The molecule has 0 radical (unpaired) electrons. The molecule has 0 aromatic carbocycles. The smallest absolute Gasteiger partial charge is 0.105 e. The van der Waals surface area contributed by atoms with Gasteiger partial charge in [0.15, 0.2) is 0 Å². The number of hydrogen-bond acceptors (Lipinski definition) is 4. The van der Waals surface area contributed by atoms with Crippen LogP contribution in [0, 0.1) is 0 Å². The Labute approximate surface area is 124 Å². The molecule has 2 heterocycles. The summed E-state index contributed by atoms with van der Waals surface area (Å²) in [5.74, 6) is 0. The minimum Gasteiger partial charge on any atom is -0.250 e. The van der Waals surface area contributed by atoms with Gasteiger partial charge in [0.1, 0.15) is 18.8 Å². The molecule has 2 nitrogen and oxygen atoms in total. The van der Waals surface area contributed by atoms with Crippen molar-refractivity contribution in [2.24, 2.45) is 0 Å². The van der Waals surface area contributed by atoms with E-state index in [1.54, 1.807) is 12.4 Å². The Morgan fingerprint density at radius 3 is 1.56 bits per heavy atom. The van der Waals surface area contributed by atoms with Crippen LogP contribution in [0.25, 0.3) is 0 Å². The van der Waals surface area contributed by atoms with Gasteiger partial charge in [-0.3, -0.25) is 0 Å². The van der Waals surface area contributed by atoms with E-state index in [4.69, 9.17) is 23.2 Å². The Hall–Kier alpha value is -0.680. The van der Waals surface area contributed by atoms with E-state index < -0.39 is 0 Å². The molecule has 0 amide bonds. The summed E-state index contributed by atoms with van der Waals surface area (Å²) < 4.78 is 0.983.